The van der Waals surface area contributed by atoms with E-state index >= 15 is 0 Å². The lowest BCUT2D eigenvalue weighted by Gasteiger charge is -2.04. The number of amides is 1. The molecule has 0 saturated carbocycles. The van der Waals surface area contributed by atoms with E-state index in [1.54, 1.807) is 6.07 Å². The molecule has 0 aliphatic rings. The van der Waals surface area contributed by atoms with Gasteiger partial charge in [0, 0.05) is 15.7 Å². The van der Waals surface area contributed by atoms with Crippen molar-refractivity contribution in [2.24, 2.45) is 0 Å². The van der Waals surface area contributed by atoms with Gasteiger partial charge in [0.2, 0.25) is 11.5 Å². The molecular weight excluding hydrogens is 267 g/mol. The molecule has 0 spiro atoms. The van der Waals surface area contributed by atoms with Crippen molar-refractivity contribution in [3.63, 3.8) is 0 Å². The van der Waals surface area contributed by atoms with Gasteiger partial charge in [-0.2, -0.15) is 0 Å². The standard InChI is InChI=1S/C9H6Cl2N4O2/c10-4-1-5(11)3-6(2-4)13-9(16)7-8(12)15-17-14-7/h1-3H,(H2,12,15)(H,13,16). The van der Waals surface area contributed by atoms with E-state index in [2.05, 4.69) is 20.3 Å². The first-order chi connectivity index (χ1) is 8.06. The van der Waals surface area contributed by atoms with Crippen LogP contribution in [0.2, 0.25) is 10.0 Å². The van der Waals surface area contributed by atoms with Crippen LogP contribution in [0.1, 0.15) is 10.5 Å². The molecule has 1 amide bonds. The average Bonchev–Trinajstić information content (AvgIpc) is 2.62. The van der Waals surface area contributed by atoms with Crippen LogP contribution in [0.4, 0.5) is 11.5 Å². The molecule has 0 atom stereocenters. The molecule has 8 heteroatoms. The minimum Gasteiger partial charge on any atom is -0.379 e. The van der Waals surface area contributed by atoms with Crippen LogP contribution in [0.5, 0.6) is 0 Å². The lowest BCUT2D eigenvalue weighted by molar-refractivity contribution is 0.101. The molecule has 0 aliphatic heterocycles. The van der Waals surface area contributed by atoms with Crippen LogP contribution in [0.25, 0.3) is 0 Å². The largest absolute Gasteiger partial charge is 0.379 e. The maximum absolute atomic E-state index is 11.7. The number of anilines is 2. The number of nitrogens with zero attached hydrogens (tertiary/aromatic N) is 2. The van der Waals surface area contributed by atoms with E-state index in [1.807, 2.05) is 0 Å². The van der Waals surface area contributed by atoms with Gasteiger partial charge in [-0.05, 0) is 28.5 Å². The highest BCUT2D eigenvalue weighted by molar-refractivity contribution is 6.35. The molecule has 0 saturated heterocycles. The third kappa shape index (κ3) is 2.66. The van der Waals surface area contributed by atoms with Gasteiger partial charge in [0.25, 0.3) is 5.91 Å². The quantitative estimate of drug-likeness (QED) is 0.874. The van der Waals surface area contributed by atoms with Gasteiger partial charge in [-0.1, -0.05) is 23.2 Å². The fourth-order valence-electron chi connectivity index (χ4n) is 1.17. The minimum absolute atomic E-state index is 0.0874. The molecule has 0 radical (unpaired) electrons. The molecule has 1 aromatic carbocycles. The van der Waals surface area contributed by atoms with Crippen LogP contribution in [-0.2, 0) is 0 Å². The smallest absolute Gasteiger partial charge is 0.281 e. The molecule has 2 aromatic rings. The molecular formula is C9H6Cl2N4O2. The van der Waals surface area contributed by atoms with E-state index in [-0.39, 0.29) is 11.5 Å². The fraction of sp³-hybridized carbons (Fsp3) is 0. The normalized spacial score (nSPS) is 10.2. The lowest BCUT2D eigenvalue weighted by Crippen LogP contribution is -2.14. The molecule has 2 rings (SSSR count). The number of nitrogen functional groups attached to an aromatic ring is 1. The van der Waals surface area contributed by atoms with Gasteiger partial charge >= 0.3 is 0 Å². The second-order valence-electron chi connectivity index (χ2n) is 3.11. The minimum atomic E-state index is -0.554. The van der Waals surface area contributed by atoms with Gasteiger partial charge in [0.15, 0.2) is 0 Å². The molecule has 6 nitrogen and oxygen atoms in total. The Labute approximate surface area is 106 Å². The van der Waals surface area contributed by atoms with Gasteiger partial charge in [-0.3, -0.25) is 4.79 Å². The lowest BCUT2D eigenvalue weighted by atomic mass is 10.3. The van der Waals surface area contributed by atoms with E-state index < -0.39 is 5.91 Å². The first-order valence-electron chi connectivity index (χ1n) is 4.42. The molecule has 3 N–H and O–H groups in total. The molecule has 88 valence electrons. The molecule has 0 unspecified atom stereocenters. The molecule has 0 fully saturated rings. The summed E-state index contributed by atoms with van der Waals surface area (Å²) in [6.07, 6.45) is 0. The number of nitrogens with one attached hydrogen (secondary N) is 1. The third-order valence-corrected chi connectivity index (χ3v) is 2.29. The van der Waals surface area contributed by atoms with E-state index in [0.29, 0.717) is 15.7 Å². The SMILES string of the molecule is Nc1nonc1C(=O)Nc1cc(Cl)cc(Cl)c1. The number of carbonyl (C=O) groups is 1. The monoisotopic (exact) mass is 272 g/mol. The van der Waals surface area contributed by atoms with Gasteiger partial charge in [0.1, 0.15) is 0 Å². The van der Waals surface area contributed by atoms with Crippen molar-refractivity contribution in [2.45, 2.75) is 0 Å². The van der Waals surface area contributed by atoms with Crippen molar-refractivity contribution in [3.05, 3.63) is 33.9 Å². The molecule has 0 aliphatic carbocycles. The summed E-state index contributed by atoms with van der Waals surface area (Å²) in [4.78, 5) is 11.7. The second-order valence-corrected chi connectivity index (χ2v) is 3.98. The summed E-state index contributed by atoms with van der Waals surface area (Å²) >= 11 is 11.6. The Bertz CT molecular complexity index is 550. The van der Waals surface area contributed by atoms with Gasteiger partial charge in [-0.25, -0.2) is 4.63 Å². The number of benzene rings is 1. The first-order valence-corrected chi connectivity index (χ1v) is 5.17. The van der Waals surface area contributed by atoms with Gasteiger partial charge in [0.05, 0.1) is 0 Å². The maximum Gasteiger partial charge on any atom is 0.281 e. The van der Waals surface area contributed by atoms with Crippen LogP contribution >= 0.6 is 23.2 Å². The van der Waals surface area contributed by atoms with Crippen molar-refractivity contribution in [1.82, 2.24) is 10.3 Å². The molecule has 1 aromatic heterocycles. The average molecular weight is 273 g/mol. The van der Waals surface area contributed by atoms with Crippen molar-refractivity contribution in [2.75, 3.05) is 11.1 Å². The Balaban J connectivity index is 2.21. The first kappa shape index (κ1) is 11.7. The van der Waals surface area contributed by atoms with Crippen molar-refractivity contribution >= 4 is 40.6 Å². The molecule has 1 heterocycles. The van der Waals surface area contributed by atoms with E-state index in [4.69, 9.17) is 28.9 Å². The number of halogens is 2. The number of rotatable bonds is 2. The van der Waals surface area contributed by atoms with Gasteiger partial charge in [-0.15, -0.1) is 0 Å². The Morgan fingerprint density at radius 1 is 1.24 bits per heavy atom. The van der Waals surface area contributed by atoms with Crippen molar-refractivity contribution in [1.29, 1.82) is 0 Å². The topological polar surface area (TPSA) is 94.0 Å². The molecule has 17 heavy (non-hydrogen) atoms. The Morgan fingerprint density at radius 3 is 2.41 bits per heavy atom. The highest BCUT2D eigenvalue weighted by Crippen LogP contribution is 2.23. The number of hydrogen-bond donors (Lipinski definition) is 2. The van der Waals surface area contributed by atoms with Crippen LogP contribution in [-0.4, -0.2) is 16.2 Å². The Morgan fingerprint density at radius 2 is 1.88 bits per heavy atom. The zero-order valence-electron chi connectivity index (χ0n) is 8.28. The summed E-state index contributed by atoms with van der Waals surface area (Å²) in [5.74, 6) is -0.641. The summed E-state index contributed by atoms with van der Waals surface area (Å²) in [6, 6.07) is 4.62. The number of carbonyl (C=O) groups excluding carboxylic acids is 1. The summed E-state index contributed by atoms with van der Waals surface area (Å²) < 4.78 is 4.31. The highest BCUT2D eigenvalue weighted by atomic mass is 35.5. The zero-order chi connectivity index (χ0) is 12.4. The van der Waals surface area contributed by atoms with E-state index in [9.17, 15) is 4.79 Å². The van der Waals surface area contributed by atoms with Crippen molar-refractivity contribution < 1.29 is 9.42 Å². The predicted octanol–water partition coefficient (Wildman–Crippen LogP) is 2.21. The number of nitrogens with two attached hydrogens (primary N) is 1. The van der Waals surface area contributed by atoms with Gasteiger partial charge < -0.3 is 11.1 Å². The molecule has 0 bridgehead atoms. The fourth-order valence-corrected chi connectivity index (χ4v) is 1.70. The van der Waals surface area contributed by atoms with Crippen LogP contribution in [0.3, 0.4) is 0 Å². The number of hydrogen-bond acceptors (Lipinski definition) is 5. The maximum atomic E-state index is 11.7. The van der Waals surface area contributed by atoms with E-state index in [1.165, 1.54) is 12.1 Å². The zero-order valence-corrected chi connectivity index (χ0v) is 9.79. The van der Waals surface area contributed by atoms with Crippen LogP contribution in [0, 0.1) is 0 Å². The second kappa shape index (κ2) is 4.60. The Kier molecular flexibility index (Phi) is 3.16. The Hall–Kier alpha value is -1.79. The summed E-state index contributed by atoms with van der Waals surface area (Å²) in [7, 11) is 0. The number of aromatic nitrogens is 2. The third-order valence-electron chi connectivity index (χ3n) is 1.85. The highest BCUT2D eigenvalue weighted by Gasteiger charge is 2.16. The van der Waals surface area contributed by atoms with E-state index in [0.717, 1.165) is 0 Å². The summed E-state index contributed by atoms with van der Waals surface area (Å²) in [5.41, 5.74) is 5.70. The van der Waals surface area contributed by atoms with Crippen LogP contribution in [0.15, 0.2) is 22.8 Å². The van der Waals surface area contributed by atoms with Crippen LogP contribution < -0.4 is 11.1 Å². The summed E-state index contributed by atoms with van der Waals surface area (Å²) in [5, 5.41) is 9.98. The summed E-state index contributed by atoms with van der Waals surface area (Å²) in [6.45, 7) is 0. The predicted molar refractivity (Wildman–Crippen MR) is 63.1 cm³/mol. The van der Waals surface area contributed by atoms with Crippen molar-refractivity contribution in [3.8, 4) is 0 Å².